The van der Waals surface area contributed by atoms with Gasteiger partial charge in [-0.3, -0.25) is 0 Å². The van der Waals surface area contributed by atoms with Crippen molar-refractivity contribution in [1.29, 1.82) is 0 Å². The van der Waals surface area contributed by atoms with Gasteiger partial charge in [-0.25, -0.2) is 4.98 Å². The van der Waals surface area contributed by atoms with Crippen LogP contribution in [0.5, 0.6) is 0 Å². The minimum Gasteiger partial charge on any atom is -0.440 e. The average Bonchev–Trinajstić information content (AvgIpc) is 2.77. The predicted octanol–water partition coefficient (Wildman–Crippen LogP) is 2.46. The molecule has 0 aliphatic heterocycles. The van der Waals surface area contributed by atoms with Gasteiger partial charge in [-0.1, -0.05) is 13.0 Å². The maximum Gasteiger partial charge on any atom is 0.201 e. The minimum absolute atomic E-state index is 0.172. The molecule has 1 fully saturated rings. The van der Waals surface area contributed by atoms with Gasteiger partial charge in [-0.15, -0.1) is 0 Å². The molecule has 1 aliphatic rings. The van der Waals surface area contributed by atoms with Crippen LogP contribution in [0.25, 0.3) is 11.1 Å². The molecule has 0 atom stereocenters. The summed E-state index contributed by atoms with van der Waals surface area (Å²) in [6.45, 7) is 2.17. The van der Waals surface area contributed by atoms with Crippen LogP contribution in [0.15, 0.2) is 22.6 Å². The van der Waals surface area contributed by atoms with E-state index in [-0.39, 0.29) is 5.41 Å². The Balaban J connectivity index is 2.25. The van der Waals surface area contributed by atoms with Gasteiger partial charge in [0.15, 0.2) is 5.58 Å². The highest BCUT2D eigenvalue weighted by atomic mass is 16.3. The number of nitrogens with zero attached hydrogens (tertiary/aromatic N) is 1. The fourth-order valence-electron chi connectivity index (χ4n) is 1.63. The Bertz CT molecular complexity index is 497. The topological polar surface area (TPSA) is 52.0 Å². The Morgan fingerprint density at radius 1 is 1.43 bits per heavy atom. The number of anilines is 1. The second-order valence-electron chi connectivity index (χ2n) is 4.27. The summed E-state index contributed by atoms with van der Waals surface area (Å²) in [5.41, 5.74) is 8.28. The molecule has 72 valence electrons. The zero-order valence-electron chi connectivity index (χ0n) is 8.08. The third kappa shape index (κ3) is 0.953. The number of benzene rings is 1. The lowest BCUT2D eigenvalue weighted by Gasteiger charge is -1.98. The van der Waals surface area contributed by atoms with Gasteiger partial charge < -0.3 is 10.2 Å². The lowest BCUT2D eigenvalue weighted by molar-refractivity contribution is 0.477. The van der Waals surface area contributed by atoms with E-state index >= 15 is 0 Å². The first-order valence-electron chi connectivity index (χ1n) is 4.85. The first kappa shape index (κ1) is 7.85. The van der Waals surface area contributed by atoms with Gasteiger partial charge in [-0.05, 0) is 25.0 Å². The summed E-state index contributed by atoms with van der Waals surface area (Å²) in [5.74, 6) is 0.838. The summed E-state index contributed by atoms with van der Waals surface area (Å²) < 4.78 is 5.68. The summed E-state index contributed by atoms with van der Waals surface area (Å²) >= 11 is 0. The highest BCUT2D eigenvalue weighted by Crippen LogP contribution is 2.47. The molecule has 2 N–H and O–H groups in total. The molecule has 2 aromatic rings. The van der Waals surface area contributed by atoms with Crippen molar-refractivity contribution in [3.05, 3.63) is 24.1 Å². The van der Waals surface area contributed by atoms with E-state index in [0.29, 0.717) is 5.69 Å². The molecule has 1 heterocycles. The molecule has 1 aromatic carbocycles. The first-order chi connectivity index (χ1) is 6.69. The molecule has 0 unspecified atom stereocenters. The van der Waals surface area contributed by atoms with E-state index in [1.165, 1.54) is 12.8 Å². The minimum atomic E-state index is 0.172. The monoisotopic (exact) mass is 188 g/mol. The Morgan fingerprint density at radius 3 is 2.86 bits per heavy atom. The van der Waals surface area contributed by atoms with Crippen molar-refractivity contribution in [2.24, 2.45) is 0 Å². The molecule has 1 saturated carbocycles. The average molecular weight is 188 g/mol. The van der Waals surface area contributed by atoms with Crippen molar-refractivity contribution in [2.75, 3.05) is 5.73 Å². The molecular formula is C11H12N2O. The highest BCUT2D eigenvalue weighted by molar-refractivity contribution is 5.85. The van der Waals surface area contributed by atoms with E-state index in [2.05, 4.69) is 11.9 Å². The third-order valence-electron chi connectivity index (χ3n) is 2.97. The predicted molar refractivity (Wildman–Crippen MR) is 55.0 cm³/mol. The van der Waals surface area contributed by atoms with Crippen LogP contribution in [-0.4, -0.2) is 4.98 Å². The van der Waals surface area contributed by atoms with Crippen LogP contribution in [0.2, 0.25) is 0 Å². The van der Waals surface area contributed by atoms with Crippen molar-refractivity contribution >= 4 is 16.8 Å². The molecule has 0 bridgehead atoms. The molecule has 0 amide bonds. The van der Waals surface area contributed by atoms with Crippen LogP contribution in [-0.2, 0) is 5.41 Å². The third-order valence-corrected chi connectivity index (χ3v) is 2.97. The van der Waals surface area contributed by atoms with Crippen molar-refractivity contribution in [2.45, 2.75) is 25.2 Å². The molecule has 0 saturated heterocycles. The van der Waals surface area contributed by atoms with E-state index in [1.807, 2.05) is 18.2 Å². The number of hydrogen-bond acceptors (Lipinski definition) is 3. The van der Waals surface area contributed by atoms with Crippen molar-refractivity contribution in [3.63, 3.8) is 0 Å². The molecule has 0 radical (unpaired) electrons. The summed E-state index contributed by atoms with van der Waals surface area (Å²) in [6.07, 6.45) is 2.33. The molecular weight excluding hydrogens is 176 g/mol. The fraction of sp³-hybridized carbons (Fsp3) is 0.364. The van der Waals surface area contributed by atoms with E-state index < -0.39 is 0 Å². The summed E-state index contributed by atoms with van der Waals surface area (Å²) in [5, 5.41) is 0. The number of oxazole rings is 1. The van der Waals surface area contributed by atoms with Crippen LogP contribution in [0.1, 0.15) is 25.7 Å². The molecule has 3 rings (SSSR count). The van der Waals surface area contributed by atoms with Gasteiger partial charge in [0, 0.05) is 5.41 Å². The number of nitrogen functional groups attached to an aromatic ring is 1. The summed E-state index contributed by atoms with van der Waals surface area (Å²) in [4.78, 5) is 4.45. The Hall–Kier alpha value is -1.51. The van der Waals surface area contributed by atoms with Crippen LogP contribution < -0.4 is 5.73 Å². The van der Waals surface area contributed by atoms with Crippen molar-refractivity contribution in [1.82, 2.24) is 4.98 Å². The van der Waals surface area contributed by atoms with Crippen LogP contribution >= 0.6 is 0 Å². The fourth-order valence-corrected chi connectivity index (χ4v) is 1.63. The van der Waals surface area contributed by atoms with Crippen LogP contribution in [0, 0.1) is 0 Å². The Kier molecular flexibility index (Phi) is 1.29. The molecule has 1 aromatic heterocycles. The quantitative estimate of drug-likeness (QED) is 0.699. The van der Waals surface area contributed by atoms with Gasteiger partial charge in [-0.2, -0.15) is 0 Å². The maximum atomic E-state index is 5.81. The number of hydrogen-bond donors (Lipinski definition) is 1. The summed E-state index contributed by atoms with van der Waals surface area (Å²) in [6, 6.07) is 5.65. The molecule has 3 heteroatoms. The van der Waals surface area contributed by atoms with Gasteiger partial charge in [0.1, 0.15) is 5.52 Å². The number of aromatic nitrogens is 1. The largest absolute Gasteiger partial charge is 0.440 e. The number of para-hydroxylation sites is 1. The lowest BCUT2D eigenvalue weighted by Crippen LogP contribution is -1.99. The van der Waals surface area contributed by atoms with Gasteiger partial charge >= 0.3 is 0 Å². The Labute approximate surface area is 81.9 Å². The smallest absolute Gasteiger partial charge is 0.201 e. The zero-order valence-corrected chi connectivity index (χ0v) is 8.08. The lowest BCUT2D eigenvalue weighted by atomic mass is 10.1. The van der Waals surface area contributed by atoms with E-state index in [9.17, 15) is 0 Å². The second kappa shape index (κ2) is 2.29. The van der Waals surface area contributed by atoms with Crippen LogP contribution in [0.4, 0.5) is 5.69 Å². The first-order valence-corrected chi connectivity index (χ1v) is 4.85. The van der Waals surface area contributed by atoms with E-state index in [4.69, 9.17) is 10.2 Å². The Morgan fingerprint density at radius 2 is 2.21 bits per heavy atom. The number of fused-ring (bicyclic) bond motifs is 1. The molecule has 0 spiro atoms. The number of rotatable bonds is 1. The van der Waals surface area contributed by atoms with Gasteiger partial charge in [0.25, 0.3) is 0 Å². The number of nitrogens with two attached hydrogens (primary N) is 1. The molecule has 3 nitrogen and oxygen atoms in total. The SMILES string of the molecule is CC1(c2nc3c(N)cccc3o2)CC1. The van der Waals surface area contributed by atoms with Crippen LogP contribution in [0.3, 0.4) is 0 Å². The van der Waals surface area contributed by atoms with E-state index in [1.54, 1.807) is 0 Å². The zero-order chi connectivity index (χ0) is 9.76. The van der Waals surface area contributed by atoms with Crippen molar-refractivity contribution in [3.8, 4) is 0 Å². The van der Waals surface area contributed by atoms with Gasteiger partial charge in [0.2, 0.25) is 5.89 Å². The molecule has 14 heavy (non-hydrogen) atoms. The highest BCUT2D eigenvalue weighted by Gasteiger charge is 2.43. The standard InChI is InChI=1S/C11H12N2O/c1-11(5-6-11)10-13-9-7(12)3-2-4-8(9)14-10/h2-4H,5-6,12H2,1H3. The van der Waals surface area contributed by atoms with Crippen molar-refractivity contribution < 1.29 is 4.42 Å². The maximum absolute atomic E-state index is 5.81. The summed E-state index contributed by atoms with van der Waals surface area (Å²) in [7, 11) is 0. The van der Waals surface area contributed by atoms with E-state index in [0.717, 1.165) is 17.0 Å². The second-order valence-corrected chi connectivity index (χ2v) is 4.27. The molecule has 1 aliphatic carbocycles. The normalized spacial score (nSPS) is 18.6. The van der Waals surface area contributed by atoms with Gasteiger partial charge in [0.05, 0.1) is 5.69 Å².